The summed E-state index contributed by atoms with van der Waals surface area (Å²) < 4.78 is 5.68. The first-order valence-corrected chi connectivity index (χ1v) is 4.48. The summed E-state index contributed by atoms with van der Waals surface area (Å²) in [5.74, 6) is 1.69. The zero-order valence-electron chi connectivity index (χ0n) is 7.86. The Bertz CT molecular complexity index is 397. The van der Waals surface area contributed by atoms with E-state index in [0.717, 1.165) is 22.9 Å². The molecule has 1 aliphatic heterocycles. The first kappa shape index (κ1) is 10.1. The van der Waals surface area contributed by atoms with Crippen molar-refractivity contribution in [3.05, 3.63) is 48.5 Å². The molecule has 0 amide bonds. The molecule has 2 nitrogen and oxygen atoms in total. The first-order valence-electron chi connectivity index (χ1n) is 4.48. The second kappa shape index (κ2) is 3.98. The molecule has 0 fully saturated rings. The van der Waals surface area contributed by atoms with E-state index in [9.17, 15) is 0 Å². The average Bonchev–Trinajstić information content (AvgIpc) is 2.26. The third-order valence-corrected chi connectivity index (χ3v) is 2.18. The Hall–Kier alpha value is -1.43. The molecule has 74 valence electrons. The second-order valence-corrected chi connectivity index (χ2v) is 3.13. The van der Waals surface area contributed by atoms with Gasteiger partial charge in [-0.1, -0.05) is 12.1 Å². The van der Waals surface area contributed by atoms with Crippen LogP contribution in [0.2, 0.25) is 0 Å². The summed E-state index contributed by atoms with van der Waals surface area (Å²) in [6.07, 6.45) is 0. The third kappa shape index (κ3) is 1.72. The van der Waals surface area contributed by atoms with Gasteiger partial charge in [-0.05, 0) is 17.8 Å². The fourth-order valence-electron chi connectivity index (χ4n) is 1.52. The van der Waals surface area contributed by atoms with Crippen molar-refractivity contribution in [3.63, 3.8) is 0 Å². The molecule has 3 rings (SSSR count). The van der Waals surface area contributed by atoms with Crippen molar-refractivity contribution in [2.24, 2.45) is 0 Å². The van der Waals surface area contributed by atoms with E-state index in [4.69, 9.17) is 4.74 Å². The van der Waals surface area contributed by atoms with Crippen LogP contribution >= 0.6 is 0 Å². The van der Waals surface area contributed by atoms with Crippen LogP contribution < -0.4 is 10.1 Å². The monoisotopic (exact) mass is 234 g/mol. The molecule has 3 heteroatoms. The quantitative estimate of drug-likeness (QED) is 0.602. The first-order chi connectivity index (χ1) is 6.93. The Labute approximate surface area is 99.0 Å². The van der Waals surface area contributed by atoms with Gasteiger partial charge in [0.05, 0.1) is 5.69 Å². The fraction of sp³-hybridized carbons (Fsp3) is 0. The van der Waals surface area contributed by atoms with Gasteiger partial charge in [-0.25, -0.2) is 0 Å². The number of ether oxygens (including phenoxy) is 1. The number of hydrogen-bond donors (Lipinski definition) is 1. The van der Waals surface area contributed by atoms with E-state index >= 15 is 0 Å². The molecule has 15 heavy (non-hydrogen) atoms. The Morgan fingerprint density at radius 3 is 2.73 bits per heavy atom. The van der Waals surface area contributed by atoms with Crippen molar-refractivity contribution < 1.29 is 22.1 Å². The van der Waals surface area contributed by atoms with Gasteiger partial charge >= 0.3 is 0 Å². The van der Waals surface area contributed by atoms with Crippen LogP contribution in [0.5, 0.6) is 11.5 Å². The maximum Gasteiger partial charge on any atom is 0.134 e. The van der Waals surface area contributed by atoms with Crippen LogP contribution in [0.15, 0.2) is 42.5 Å². The van der Waals surface area contributed by atoms with E-state index in [1.807, 2.05) is 42.5 Å². The van der Waals surface area contributed by atoms with E-state index in [1.165, 1.54) is 0 Å². The molecule has 0 radical (unpaired) electrons. The van der Waals surface area contributed by atoms with Gasteiger partial charge in [-0.2, -0.15) is 18.2 Å². The number of benzene rings is 2. The molecule has 2 aromatic rings. The summed E-state index contributed by atoms with van der Waals surface area (Å²) in [5.41, 5.74) is 1.88. The van der Waals surface area contributed by atoms with Gasteiger partial charge in [0.25, 0.3) is 0 Å². The van der Waals surface area contributed by atoms with Gasteiger partial charge in [0, 0.05) is 23.1 Å². The summed E-state index contributed by atoms with van der Waals surface area (Å²) >= 11 is 0. The van der Waals surface area contributed by atoms with Gasteiger partial charge in [-0.3, -0.25) is 0 Å². The van der Waals surface area contributed by atoms with E-state index in [2.05, 4.69) is 11.4 Å². The van der Waals surface area contributed by atoms with Crippen LogP contribution in [0, 0.1) is 6.07 Å². The molecule has 0 aliphatic carbocycles. The summed E-state index contributed by atoms with van der Waals surface area (Å²) in [5, 5.41) is 3.26. The molecule has 0 saturated carbocycles. The van der Waals surface area contributed by atoms with Crippen molar-refractivity contribution in [1.29, 1.82) is 0 Å². The van der Waals surface area contributed by atoms with E-state index < -0.39 is 0 Å². The number of rotatable bonds is 0. The molecule has 0 aromatic heterocycles. The van der Waals surface area contributed by atoms with Crippen molar-refractivity contribution in [3.8, 4) is 11.5 Å². The third-order valence-electron chi connectivity index (χ3n) is 2.18. The fourth-order valence-corrected chi connectivity index (χ4v) is 1.52. The van der Waals surface area contributed by atoms with E-state index in [-0.39, 0.29) is 17.4 Å². The molecule has 1 heterocycles. The number of anilines is 2. The summed E-state index contributed by atoms with van der Waals surface area (Å²) in [6, 6.07) is 16.7. The number of nitrogens with one attached hydrogen (secondary N) is 1. The molecular weight excluding hydrogens is 226 g/mol. The second-order valence-electron chi connectivity index (χ2n) is 3.13. The molecule has 0 spiro atoms. The molecule has 0 bridgehead atoms. The van der Waals surface area contributed by atoms with Gasteiger partial charge in [-0.15, -0.1) is 6.07 Å². The average molecular weight is 234 g/mol. The van der Waals surface area contributed by atoms with Crippen LogP contribution in [0.1, 0.15) is 0 Å². The van der Waals surface area contributed by atoms with Gasteiger partial charge in [0.1, 0.15) is 5.75 Å². The molecule has 1 aliphatic rings. The molecule has 1 N–H and O–H groups in total. The minimum absolute atomic E-state index is 0. The van der Waals surface area contributed by atoms with E-state index in [0.29, 0.717) is 0 Å². The van der Waals surface area contributed by atoms with Crippen molar-refractivity contribution in [1.82, 2.24) is 0 Å². The summed E-state index contributed by atoms with van der Waals surface area (Å²) in [7, 11) is 0. The predicted molar refractivity (Wildman–Crippen MR) is 55.1 cm³/mol. The normalized spacial score (nSPS) is 11.2. The van der Waals surface area contributed by atoms with Gasteiger partial charge in [0.2, 0.25) is 0 Å². The molecule has 0 saturated heterocycles. The van der Waals surface area contributed by atoms with Gasteiger partial charge in [0.15, 0.2) is 0 Å². The maximum absolute atomic E-state index is 5.68. The Morgan fingerprint density at radius 1 is 1.00 bits per heavy atom. The minimum Gasteiger partial charge on any atom is -0.513 e. The maximum atomic E-state index is 5.68. The number of fused-ring (bicyclic) bond motifs is 2. The summed E-state index contributed by atoms with van der Waals surface area (Å²) in [4.78, 5) is 0. The molecule has 0 atom stereocenters. The Kier molecular flexibility index (Phi) is 2.68. The minimum atomic E-state index is 0. The number of hydrogen-bond acceptors (Lipinski definition) is 2. The molecule has 2 aromatic carbocycles. The largest absolute Gasteiger partial charge is 0.513 e. The topological polar surface area (TPSA) is 21.3 Å². The van der Waals surface area contributed by atoms with Crippen LogP contribution in [0.4, 0.5) is 11.4 Å². The predicted octanol–water partition coefficient (Wildman–Crippen LogP) is 3.33. The zero-order valence-corrected chi connectivity index (χ0v) is 9.13. The number of para-hydroxylation sites is 3. The van der Waals surface area contributed by atoms with Crippen molar-refractivity contribution in [2.75, 3.05) is 5.32 Å². The SMILES string of the molecule is [Cr].[c-]1cccc2c1Nc1ccccc1O2. The van der Waals surface area contributed by atoms with Crippen LogP contribution in [0.25, 0.3) is 0 Å². The van der Waals surface area contributed by atoms with Crippen molar-refractivity contribution in [2.45, 2.75) is 0 Å². The van der Waals surface area contributed by atoms with E-state index in [1.54, 1.807) is 0 Å². The Morgan fingerprint density at radius 2 is 1.80 bits per heavy atom. The van der Waals surface area contributed by atoms with Crippen molar-refractivity contribution >= 4 is 11.4 Å². The van der Waals surface area contributed by atoms with Crippen LogP contribution in [0.3, 0.4) is 0 Å². The van der Waals surface area contributed by atoms with Gasteiger partial charge < -0.3 is 10.1 Å². The van der Waals surface area contributed by atoms with Crippen LogP contribution in [-0.2, 0) is 17.4 Å². The smallest absolute Gasteiger partial charge is 0.134 e. The molecule has 0 unspecified atom stereocenters. The molecular formula is C12H8CrNO-. The zero-order chi connectivity index (χ0) is 9.38. The Balaban J connectivity index is 0.000000853. The van der Waals surface area contributed by atoms with Crippen LogP contribution in [-0.4, -0.2) is 0 Å². The standard InChI is InChI=1S/C12H8NO.Cr/c1-3-7-11-9(5-1)13-10-6-2-4-8-12(10)14-11;/h1-5,7-8,13H;/q-1;. The summed E-state index contributed by atoms with van der Waals surface area (Å²) in [6.45, 7) is 0.